The molecule has 15 nitrogen and oxygen atoms in total. The second-order valence-corrected chi connectivity index (χ2v) is 15.0. The van der Waals surface area contributed by atoms with Gasteiger partial charge >= 0.3 is 11.8 Å². The van der Waals surface area contributed by atoms with Crippen molar-refractivity contribution in [1.82, 2.24) is 5.32 Å². The van der Waals surface area contributed by atoms with Gasteiger partial charge in [0.25, 0.3) is 17.6 Å². The lowest BCUT2D eigenvalue weighted by Gasteiger charge is -2.38. The number of amides is 2. The molecule has 3 heterocycles. The number of anilines is 1. The normalized spacial score (nSPS) is 30.4. The van der Waals surface area contributed by atoms with Gasteiger partial charge in [-0.25, -0.2) is 0 Å². The topological polar surface area (TPSA) is 219 Å². The van der Waals surface area contributed by atoms with Crippen LogP contribution in [0.2, 0.25) is 0 Å². The molecule has 2 amide bonds. The number of ketones is 1. The highest BCUT2D eigenvalue weighted by Crippen LogP contribution is 2.54. The molecule has 0 aromatic heterocycles. The van der Waals surface area contributed by atoms with Crippen LogP contribution < -0.4 is 20.1 Å². The van der Waals surface area contributed by atoms with Gasteiger partial charge in [0.15, 0.2) is 12.4 Å². The summed E-state index contributed by atoms with van der Waals surface area (Å²) in [6.45, 7) is 14.3. The minimum atomic E-state index is -2.02. The van der Waals surface area contributed by atoms with E-state index >= 15 is 0 Å². The third-order valence-corrected chi connectivity index (χ3v) is 10.8. The van der Waals surface area contributed by atoms with Crippen molar-refractivity contribution in [3.05, 3.63) is 53.3 Å². The molecule has 0 fully saturated rings. The largest absolute Gasteiger partial charge is 0.507 e. The predicted molar refractivity (Wildman–Crippen MR) is 211 cm³/mol. The van der Waals surface area contributed by atoms with E-state index in [9.17, 15) is 39.6 Å². The number of esters is 1. The van der Waals surface area contributed by atoms with Crippen LogP contribution in [0.1, 0.15) is 77.7 Å². The number of fused-ring (bicyclic) bond motifs is 14. The fourth-order valence-corrected chi connectivity index (χ4v) is 7.21. The number of carbonyl (C=O) groups excluding carboxylic acids is 4. The maximum Gasteiger partial charge on any atom is 0.312 e. The van der Waals surface area contributed by atoms with E-state index in [0.29, 0.717) is 13.0 Å². The SMILES string of the molecule is CCCNC(=O)COc1cc2c(O)c3c(O)c(C)c4c(c13)C(=O)[C@@](C)(O/C=C/[C@H](OC)[C@@H](C)[C@@H](OC(C)=O)[C@H](C)[C@H](O)[C@H](C)[C@@H](O)[C@@H](C)/C=C/C=C(/C)C(=O)N2)O4. The van der Waals surface area contributed by atoms with E-state index in [-0.39, 0.29) is 44.7 Å². The number of Topliss-reactive ketones (excluding diaryl/α,β-unsaturated/α-hetero) is 1. The van der Waals surface area contributed by atoms with Gasteiger partial charge in [0.1, 0.15) is 23.4 Å². The molecule has 0 unspecified atom stereocenters. The number of hydrogen-bond donors (Lipinski definition) is 6. The van der Waals surface area contributed by atoms with Crippen molar-refractivity contribution >= 4 is 40.0 Å². The van der Waals surface area contributed by atoms with Crippen LogP contribution in [0.5, 0.6) is 23.0 Å². The average molecular weight is 797 g/mol. The van der Waals surface area contributed by atoms with Gasteiger partial charge in [0.2, 0.25) is 0 Å². The monoisotopic (exact) mass is 796 g/mol. The Balaban J connectivity index is 1.92. The molecule has 0 saturated heterocycles. The molecule has 6 N–H and O–H groups in total. The highest BCUT2D eigenvalue weighted by molar-refractivity contribution is 6.21. The number of rotatable bonds is 7. The summed E-state index contributed by atoms with van der Waals surface area (Å²) in [5.74, 6) is -8.15. The van der Waals surface area contributed by atoms with Gasteiger partial charge in [-0.1, -0.05) is 52.8 Å². The van der Waals surface area contributed by atoms with Crippen molar-refractivity contribution in [3.63, 3.8) is 0 Å². The molecule has 3 aliphatic heterocycles. The summed E-state index contributed by atoms with van der Waals surface area (Å²) < 4.78 is 29.5. The molecule has 0 aliphatic carbocycles. The van der Waals surface area contributed by atoms with E-state index in [1.165, 1.54) is 59.3 Å². The number of phenols is 2. The second-order valence-electron chi connectivity index (χ2n) is 15.0. The Morgan fingerprint density at radius 3 is 2.30 bits per heavy atom. The van der Waals surface area contributed by atoms with E-state index < -0.39 is 95.5 Å². The molecule has 312 valence electrons. The predicted octanol–water partition coefficient (Wildman–Crippen LogP) is 4.95. The summed E-state index contributed by atoms with van der Waals surface area (Å²) in [4.78, 5) is 52.8. The third kappa shape index (κ3) is 9.37. The van der Waals surface area contributed by atoms with Crippen LogP contribution in [0.15, 0.2) is 42.2 Å². The van der Waals surface area contributed by atoms with Gasteiger partial charge < -0.3 is 54.7 Å². The fourth-order valence-electron chi connectivity index (χ4n) is 7.21. The number of aliphatic hydroxyl groups is 2. The van der Waals surface area contributed by atoms with Crippen LogP contribution in [0.25, 0.3) is 10.8 Å². The Kier molecular flexibility index (Phi) is 14.4. The lowest BCUT2D eigenvalue weighted by atomic mass is 9.78. The summed E-state index contributed by atoms with van der Waals surface area (Å²) in [7, 11) is 1.43. The highest BCUT2D eigenvalue weighted by atomic mass is 16.7. The average Bonchev–Trinajstić information content (AvgIpc) is 3.44. The summed E-state index contributed by atoms with van der Waals surface area (Å²) in [6, 6.07) is 1.25. The molecule has 5 bridgehead atoms. The van der Waals surface area contributed by atoms with Gasteiger partial charge in [-0.15, -0.1) is 0 Å². The van der Waals surface area contributed by atoms with Crippen LogP contribution in [-0.2, 0) is 28.6 Å². The zero-order valence-electron chi connectivity index (χ0n) is 34.2. The zero-order chi connectivity index (χ0) is 42.5. The van der Waals surface area contributed by atoms with Crippen molar-refractivity contribution < 1.29 is 63.3 Å². The molecule has 3 aliphatic rings. The fraction of sp³-hybridized carbons (Fsp3) is 0.524. The van der Waals surface area contributed by atoms with Gasteiger partial charge in [0.05, 0.1) is 41.2 Å². The Morgan fingerprint density at radius 2 is 1.67 bits per heavy atom. The minimum absolute atomic E-state index is 0.0617. The number of aliphatic hydroxyl groups excluding tert-OH is 2. The minimum Gasteiger partial charge on any atom is -0.507 e. The van der Waals surface area contributed by atoms with Gasteiger partial charge in [-0.2, -0.15) is 0 Å². The Hall–Kier alpha value is -5.12. The van der Waals surface area contributed by atoms with E-state index in [2.05, 4.69) is 10.6 Å². The number of methoxy groups -OCH3 is 1. The molecule has 2 aromatic carbocycles. The van der Waals surface area contributed by atoms with Crippen LogP contribution >= 0.6 is 0 Å². The summed E-state index contributed by atoms with van der Waals surface area (Å²) >= 11 is 0. The maximum atomic E-state index is 14.4. The number of hydrogen-bond acceptors (Lipinski definition) is 13. The number of aromatic hydroxyl groups is 2. The van der Waals surface area contributed by atoms with Gasteiger partial charge in [-0.3, -0.25) is 19.2 Å². The molecule has 0 saturated carbocycles. The van der Waals surface area contributed by atoms with Crippen molar-refractivity contribution in [2.45, 2.75) is 98.9 Å². The maximum absolute atomic E-state index is 14.4. The van der Waals surface area contributed by atoms with Crippen LogP contribution in [-0.4, -0.2) is 94.5 Å². The lowest BCUT2D eigenvalue weighted by molar-refractivity contribution is -0.160. The van der Waals surface area contributed by atoms with Crippen molar-refractivity contribution in [2.24, 2.45) is 23.7 Å². The van der Waals surface area contributed by atoms with Crippen LogP contribution in [0, 0.1) is 30.6 Å². The molecule has 5 rings (SSSR count). The van der Waals surface area contributed by atoms with E-state index in [1.807, 2.05) is 6.92 Å². The summed E-state index contributed by atoms with van der Waals surface area (Å²) in [5, 5.41) is 50.9. The van der Waals surface area contributed by atoms with Gasteiger partial charge in [-0.05, 0) is 26.3 Å². The first kappa shape index (κ1) is 44.6. The van der Waals surface area contributed by atoms with Crippen molar-refractivity contribution in [1.29, 1.82) is 0 Å². The van der Waals surface area contributed by atoms with Crippen LogP contribution in [0.3, 0.4) is 0 Å². The smallest absolute Gasteiger partial charge is 0.312 e. The number of ether oxygens (including phenoxy) is 5. The van der Waals surface area contributed by atoms with E-state index in [1.54, 1.807) is 39.8 Å². The number of benzene rings is 2. The molecule has 0 spiro atoms. The molecule has 2 aromatic rings. The molecular formula is C42H56N2O13. The number of phenolic OH excluding ortho intramolecular Hbond substituents is 2. The summed E-state index contributed by atoms with van der Waals surface area (Å²) in [5.41, 5.74) is -0.0261. The molecular weight excluding hydrogens is 740 g/mol. The third-order valence-electron chi connectivity index (χ3n) is 10.8. The van der Waals surface area contributed by atoms with Gasteiger partial charge in [0, 0.05) is 73.8 Å². The van der Waals surface area contributed by atoms with Crippen molar-refractivity contribution in [2.75, 3.05) is 25.6 Å². The number of allylic oxidation sites excluding steroid dienone is 2. The molecule has 15 heteroatoms. The molecule has 57 heavy (non-hydrogen) atoms. The highest BCUT2D eigenvalue weighted by Gasteiger charge is 2.49. The van der Waals surface area contributed by atoms with Crippen molar-refractivity contribution in [3.8, 4) is 23.0 Å². The Morgan fingerprint density at radius 1 is 0.982 bits per heavy atom. The Bertz CT molecular complexity index is 1960. The first-order valence-corrected chi connectivity index (χ1v) is 19.0. The Labute approximate surface area is 332 Å². The quantitative estimate of drug-likeness (QED) is 0.162. The van der Waals surface area contributed by atoms with E-state index in [4.69, 9.17) is 23.7 Å². The summed E-state index contributed by atoms with van der Waals surface area (Å²) in [6.07, 6.45) is 4.25. The number of carbonyl (C=O) groups is 4. The zero-order valence-corrected chi connectivity index (χ0v) is 34.2. The first-order valence-electron chi connectivity index (χ1n) is 19.0. The lowest BCUT2D eigenvalue weighted by Crippen LogP contribution is -2.46. The second kappa shape index (κ2) is 18.4. The van der Waals surface area contributed by atoms with Crippen LogP contribution in [0.4, 0.5) is 5.69 Å². The van der Waals surface area contributed by atoms with E-state index in [0.717, 1.165) is 0 Å². The number of nitrogens with one attached hydrogen (secondary N) is 2. The standard InChI is InChI=1S/C42H56N2O13/c1-11-16-43-30(46)19-54-29-18-27-37(50)32-31(29)33-39(25(7)36(32)49)57-42(9,40(33)51)55-17-15-28(53-10)22(4)38(56-26(8)45)24(6)35(48)23(5)34(47)20(2)13-12-14-21(3)41(52)44-27/h12-15,17-18,20,22-24,28,34-35,38,47-50H,11,16,19H2,1-10H3,(H,43,46)(H,44,52)/b13-12+,17-15+,21-14-/t20-,22+,23+,24+,28-,34-,35+,38+,42-/m0/s1. The first-order chi connectivity index (χ1) is 26.8. The molecule has 0 radical (unpaired) electrons. The molecule has 9 atom stereocenters.